The van der Waals surface area contributed by atoms with Crippen LogP contribution in [-0.4, -0.2) is 27.6 Å². The molecule has 32 heavy (non-hydrogen) atoms. The summed E-state index contributed by atoms with van der Waals surface area (Å²) in [5.41, 5.74) is 6.18. The molecule has 2 amide bonds. The van der Waals surface area contributed by atoms with Crippen molar-refractivity contribution in [2.75, 3.05) is 0 Å². The van der Waals surface area contributed by atoms with Crippen LogP contribution in [0.3, 0.4) is 0 Å². The van der Waals surface area contributed by atoms with E-state index in [2.05, 4.69) is 15.7 Å². The molecule has 0 saturated carbocycles. The lowest BCUT2D eigenvalue weighted by atomic mass is 10.1. The fourth-order valence-electron chi connectivity index (χ4n) is 2.86. The van der Waals surface area contributed by atoms with Gasteiger partial charge in [-0.3, -0.25) is 9.59 Å². The van der Waals surface area contributed by atoms with Crippen molar-refractivity contribution < 1.29 is 22.8 Å². The van der Waals surface area contributed by atoms with E-state index in [1.54, 1.807) is 18.4 Å². The van der Waals surface area contributed by atoms with E-state index in [4.69, 9.17) is 5.73 Å². The second-order valence-corrected chi connectivity index (χ2v) is 8.21. The standard InChI is InChI=1S/C21H22F3N5O2S/c1-12-5-3-4-6-14(12)9-26-20(31)17-8-18(21(22,23)24)28-29(17)15-7-16(32-11-15)10-27-19(30)13(2)25/h3-8,11,13H,9-10,25H2,1-2H3,(H,26,31)(H,27,30). The number of amides is 2. The lowest BCUT2D eigenvalue weighted by Crippen LogP contribution is -2.37. The highest BCUT2D eigenvalue weighted by Gasteiger charge is 2.36. The van der Waals surface area contributed by atoms with Crippen molar-refractivity contribution in [3.05, 3.63) is 69.2 Å². The number of rotatable bonds is 7. The number of nitrogens with one attached hydrogen (secondary N) is 2. The summed E-state index contributed by atoms with van der Waals surface area (Å²) in [6.07, 6.45) is -4.71. The Morgan fingerprint density at radius 3 is 2.56 bits per heavy atom. The van der Waals surface area contributed by atoms with Gasteiger partial charge in [-0.15, -0.1) is 11.3 Å². The largest absolute Gasteiger partial charge is 0.435 e. The molecule has 0 bridgehead atoms. The molecule has 0 aliphatic rings. The second kappa shape index (κ2) is 9.53. The van der Waals surface area contributed by atoms with Crippen LogP contribution in [0, 0.1) is 6.92 Å². The summed E-state index contributed by atoms with van der Waals surface area (Å²) in [6.45, 7) is 3.74. The predicted octanol–water partition coefficient (Wildman–Crippen LogP) is 3.15. The summed E-state index contributed by atoms with van der Waals surface area (Å²) < 4.78 is 40.8. The average molecular weight is 466 g/mol. The zero-order valence-corrected chi connectivity index (χ0v) is 18.2. The van der Waals surface area contributed by atoms with Crippen LogP contribution in [0.15, 0.2) is 41.8 Å². The topological polar surface area (TPSA) is 102 Å². The van der Waals surface area contributed by atoms with Crippen molar-refractivity contribution in [3.8, 4) is 5.69 Å². The molecule has 0 saturated heterocycles. The van der Waals surface area contributed by atoms with Gasteiger partial charge in [-0.2, -0.15) is 18.3 Å². The number of thiophene rings is 1. The minimum absolute atomic E-state index is 0.160. The number of alkyl halides is 3. The van der Waals surface area contributed by atoms with Gasteiger partial charge in [0.05, 0.1) is 18.3 Å². The van der Waals surface area contributed by atoms with Crippen molar-refractivity contribution in [3.63, 3.8) is 0 Å². The Bertz CT molecular complexity index is 1120. The van der Waals surface area contributed by atoms with E-state index < -0.39 is 23.8 Å². The maximum absolute atomic E-state index is 13.3. The van der Waals surface area contributed by atoms with E-state index in [1.165, 1.54) is 11.3 Å². The van der Waals surface area contributed by atoms with Gasteiger partial charge in [-0.1, -0.05) is 24.3 Å². The van der Waals surface area contributed by atoms with Gasteiger partial charge < -0.3 is 16.4 Å². The van der Waals surface area contributed by atoms with Gasteiger partial charge in [-0.05, 0) is 31.0 Å². The molecule has 7 nitrogen and oxygen atoms in total. The first-order valence-corrected chi connectivity index (χ1v) is 10.5. The Balaban J connectivity index is 1.84. The van der Waals surface area contributed by atoms with Gasteiger partial charge in [-0.25, -0.2) is 4.68 Å². The van der Waals surface area contributed by atoms with Gasteiger partial charge in [0.2, 0.25) is 5.91 Å². The van der Waals surface area contributed by atoms with Gasteiger partial charge in [0.1, 0.15) is 5.69 Å². The van der Waals surface area contributed by atoms with Gasteiger partial charge in [0, 0.05) is 22.9 Å². The molecular weight excluding hydrogens is 443 g/mol. The number of halogens is 3. The number of nitrogens with two attached hydrogens (primary N) is 1. The Hall–Kier alpha value is -3.18. The molecule has 1 aromatic carbocycles. The Morgan fingerprint density at radius 1 is 1.19 bits per heavy atom. The second-order valence-electron chi connectivity index (χ2n) is 7.21. The quantitative estimate of drug-likeness (QED) is 0.499. The number of carbonyl (C=O) groups excluding carboxylic acids is 2. The maximum Gasteiger partial charge on any atom is 0.435 e. The molecular formula is C21H22F3N5O2S. The highest BCUT2D eigenvalue weighted by Crippen LogP contribution is 2.30. The molecule has 11 heteroatoms. The first-order valence-electron chi connectivity index (χ1n) is 9.67. The number of aromatic nitrogens is 2. The minimum Gasteiger partial charge on any atom is -0.350 e. The smallest absolute Gasteiger partial charge is 0.350 e. The van der Waals surface area contributed by atoms with E-state index in [9.17, 15) is 22.8 Å². The number of benzene rings is 1. The summed E-state index contributed by atoms with van der Waals surface area (Å²) in [7, 11) is 0. The summed E-state index contributed by atoms with van der Waals surface area (Å²) in [6, 6.07) is 8.99. The number of aryl methyl sites for hydroxylation is 1. The molecule has 0 fully saturated rings. The third-order valence-electron chi connectivity index (χ3n) is 4.67. The molecule has 2 heterocycles. The summed E-state index contributed by atoms with van der Waals surface area (Å²) in [4.78, 5) is 25.1. The molecule has 0 radical (unpaired) electrons. The maximum atomic E-state index is 13.3. The van der Waals surface area contributed by atoms with Crippen LogP contribution < -0.4 is 16.4 Å². The fraction of sp³-hybridized carbons (Fsp3) is 0.286. The van der Waals surface area contributed by atoms with Crippen LogP contribution in [0.1, 0.15) is 39.1 Å². The SMILES string of the molecule is Cc1ccccc1CNC(=O)c1cc(C(F)(F)F)nn1-c1csc(CNC(=O)C(C)N)c1. The average Bonchev–Trinajstić information content (AvgIpc) is 3.38. The van der Waals surface area contributed by atoms with Crippen molar-refractivity contribution in [1.82, 2.24) is 20.4 Å². The van der Waals surface area contributed by atoms with E-state index in [0.717, 1.165) is 21.9 Å². The number of hydrogen-bond donors (Lipinski definition) is 3. The number of hydrogen-bond acceptors (Lipinski definition) is 5. The molecule has 2 aromatic heterocycles. The Morgan fingerprint density at radius 2 is 1.91 bits per heavy atom. The van der Waals surface area contributed by atoms with Gasteiger partial charge in [0.15, 0.2) is 5.69 Å². The fourth-order valence-corrected chi connectivity index (χ4v) is 3.65. The summed E-state index contributed by atoms with van der Waals surface area (Å²) in [5, 5.41) is 10.5. The van der Waals surface area contributed by atoms with Crippen LogP contribution in [0.4, 0.5) is 13.2 Å². The molecule has 3 rings (SSSR count). The first kappa shape index (κ1) is 23.5. The van der Waals surface area contributed by atoms with E-state index >= 15 is 0 Å². The molecule has 1 unspecified atom stereocenters. The lowest BCUT2D eigenvalue weighted by molar-refractivity contribution is -0.141. The van der Waals surface area contributed by atoms with Crippen molar-refractivity contribution in [1.29, 1.82) is 0 Å². The number of nitrogens with zero attached hydrogens (tertiary/aromatic N) is 2. The lowest BCUT2D eigenvalue weighted by Gasteiger charge is -2.09. The van der Waals surface area contributed by atoms with E-state index in [-0.39, 0.29) is 30.4 Å². The first-order chi connectivity index (χ1) is 15.1. The van der Waals surface area contributed by atoms with Crippen LogP contribution in [0.25, 0.3) is 5.69 Å². The van der Waals surface area contributed by atoms with Crippen LogP contribution in [0.5, 0.6) is 0 Å². The number of carbonyl (C=O) groups is 2. The van der Waals surface area contributed by atoms with Crippen LogP contribution in [0.2, 0.25) is 0 Å². The molecule has 0 aliphatic carbocycles. The van der Waals surface area contributed by atoms with Gasteiger partial charge >= 0.3 is 6.18 Å². The normalized spacial score (nSPS) is 12.4. The van der Waals surface area contributed by atoms with E-state index in [1.807, 2.05) is 31.2 Å². The van der Waals surface area contributed by atoms with Crippen molar-refractivity contribution >= 4 is 23.2 Å². The minimum atomic E-state index is -4.71. The Labute approximate surface area is 186 Å². The van der Waals surface area contributed by atoms with Crippen LogP contribution in [-0.2, 0) is 24.1 Å². The molecule has 4 N–H and O–H groups in total. The summed E-state index contributed by atoms with van der Waals surface area (Å²) in [5.74, 6) is -1.04. The van der Waals surface area contributed by atoms with Crippen molar-refractivity contribution in [2.24, 2.45) is 5.73 Å². The highest BCUT2D eigenvalue weighted by atomic mass is 32.1. The highest BCUT2D eigenvalue weighted by molar-refractivity contribution is 7.10. The molecule has 0 aliphatic heterocycles. The van der Waals surface area contributed by atoms with Gasteiger partial charge in [0.25, 0.3) is 5.91 Å². The predicted molar refractivity (Wildman–Crippen MR) is 114 cm³/mol. The molecule has 170 valence electrons. The third-order valence-corrected chi connectivity index (χ3v) is 5.59. The zero-order chi connectivity index (χ0) is 23.5. The Kier molecular flexibility index (Phi) is 6.99. The zero-order valence-electron chi connectivity index (χ0n) is 17.4. The molecule has 1 atom stereocenters. The van der Waals surface area contributed by atoms with E-state index in [0.29, 0.717) is 4.88 Å². The van der Waals surface area contributed by atoms with Crippen molar-refractivity contribution in [2.45, 2.75) is 39.2 Å². The summed E-state index contributed by atoms with van der Waals surface area (Å²) >= 11 is 1.22. The monoisotopic (exact) mass is 465 g/mol. The molecule has 0 spiro atoms. The third kappa shape index (κ3) is 5.54. The van der Waals surface area contributed by atoms with Crippen LogP contribution >= 0.6 is 11.3 Å². The molecule has 3 aromatic rings.